The normalized spacial score (nSPS) is 14.2. The molecule has 0 spiro atoms. The van der Waals surface area contributed by atoms with Crippen LogP contribution in [0.25, 0.3) is 0 Å². The first kappa shape index (κ1) is 11.6. The van der Waals surface area contributed by atoms with Gasteiger partial charge in [-0.25, -0.2) is 0 Å². The molecule has 0 aromatic rings. The second-order valence-corrected chi connectivity index (χ2v) is 4.13. The van der Waals surface area contributed by atoms with Crippen molar-refractivity contribution in [3.05, 3.63) is 0 Å². The highest BCUT2D eigenvalue weighted by molar-refractivity contribution is 7.51. The number of nitrogens with one attached hydrogen (secondary N) is 1. The van der Waals surface area contributed by atoms with Crippen LogP contribution in [0, 0.1) is 0 Å². The third kappa shape index (κ3) is 5.26. The Balaban J connectivity index is 3.90. The Morgan fingerprint density at radius 3 is 2.33 bits per heavy atom. The first-order chi connectivity index (χ1) is 5.37. The molecule has 0 fully saturated rings. The zero-order chi connectivity index (χ0) is 9.78. The van der Waals surface area contributed by atoms with Crippen molar-refractivity contribution in [3.63, 3.8) is 0 Å². The molecule has 0 bridgehead atoms. The Morgan fingerprint density at radius 2 is 2.08 bits per heavy atom. The van der Waals surface area contributed by atoms with E-state index in [1.165, 1.54) is 7.05 Å². The van der Waals surface area contributed by atoms with Crippen LogP contribution < -0.4 is 5.32 Å². The van der Waals surface area contributed by atoms with Crippen molar-refractivity contribution in [1.29, 1.82) is 0 Å². The van der Waals surface area contributed by atoms with E-state index in [9.17, 15) is 9.36 Å². The second kappa shape index (κ2) is 4.57. The fourth-order valence-corrected chi connectivity index (χ4v) is 1.28. The van der Waals surface area contributed by atoms with Crippen molar-refractivity contribution in [2.45, 2.75) is 12.5 Å². The molecule has 6 nitrogen and oxygen atoms in total. The quantitative estimate of drug-likeness (QED) is 0.431. The van der Waals surface area contributed by atoms with E-state index in [0.29, 0.717) is 0 Å². The van der Waals surface area contributed by atoms with Crippen LogP contribution in [0.5, 0.6) is 0 Å². The maximum Gasteiger partial charge on any atom is 0.325 e. The minimum Gasteiger partial charge on any atom is -0.480 e. The summed E-state index contributed by atoms with van der Waals surface area (Å²) in [5.74, 6) is -1.11. The number of rotatable bonds is 5. The topological polar surface area (TPSA) is 107 Å². The van der Waals surface area contributed by atoms with E-state index in [2.05, 4.69) is 5.32 Å². The van der Waals surface area contributed by atoms with E-state index in [1.807, 2.05) is 0 Å². The van der Waals surface area contributed by atoms with E-state index >= 15 is 0 Å². The Morgan fingerprint density at radius 1 is 1.58 bits per heavy atom. The average Bonchev–Trinajstić information content (AvgIpc) is 1.85. The number of likely N-dealkylation sites (N-methyl/N-ethyl adjacent to an activating group) is 1. The van der Waals surface area contributed by atoms with Crippen LogP contribution in [0.3, 0.4) is 0 Å². The molecule has 0 aliphatic rings. The Kier molecular flexibility index (Phi) is 4.41. The van der Waals surface area contributed by atoms with Crippen LogP contribution in [0.4, 0.5) is 0 Å². The summed E-state index contributed by atoms with van der Waals surface area (Å²) >= 11 is 0. The smallest absolute Gasteiger partial charge is 0.325 e. The summed E-state index contributed by atoms with van der Waals surface area (Å²) in [7, 11) is -2.65. The molecule has 0 amide bonds. The van der Waals surface area contributed by atoms with E-state index in [-0.39, 0.29) is 6.42 Å². The largest absolute Gasteiger partial charge is 0.480 e. The fraction of sp³-hybridized carbons (Fsp3) is 0.800. The molecule has 0 aromatic heterocycles. The van der Waals surface area contributed by atoms with Crippen molar-refractivity contribution >= 4 is 13.6 Å². The molecule has 12 heavy (non-hydrogen) atoms. The van der Waals surface area contributed by atoms with Gasteiger partial charge >= 0.3 is 13.6 Å². The molecule has 1 unspecified atom stereocenters. The summed E-state index contributed by atoms with van der Waals surface area (Å²) < 4.78 is 10.3. The predicted molar refractivity (Wildman–Crippen MR) is 42.0 cm³/mol. The highest BCUT2D eigenvalue weighted by Crippen LogP contribution is 2.35. The van der Waals surface area contributed by atoms with E-state index in [1.54, 1.807) is 0 Å². The maximum absolute atomic E-state index is 10.3. The standard InChI is InChI=1S/C5H12NO5P/c1-6-4(5(7)8)2-3-12(9,10)11/h4,6H,2-3H2,1H3,(H,7,8)(H2,9,10,11). The molecule has 0 saturated carbocycles. The summed E-state index contributed by atoms with van der Waals surface area (Å²) in [6, 6.07) is -0.891. The van der Waals surface area contributed by atoms with Gasteiger partial charge in [-0.05, 0) is 13.5 Å². The van der Waals surface area contributed by atoms with Crippen molar-refractivity contribution in [2.75, 3.05) is 13.2 Å². The first-order valence-corrected chi connectivity index (χ1v) is 5.11. The number of hydrogen-bond donors (Lipinski definition) is 4. The fourth-order valence-electron chi connectivity index (χ4n) is 0.689. The maximum atomic E-state index is 10.3. The van der Waals surface area contributed by atoms with Gasteiger partial charge in [0.1, 0.15) is 6.04 Å². The molecular formula is C5H12NO5P. The average molecular weight is 197 g/mol. The number of hydrogen-bond acceptors (Lipinski definition) is 3. The third-order valence-corrected chi connectivity index (χ3v) is 2.20. The SMILES string of the molecule is CNC(CCP(=O)(O)O)C(=O)O. The number of carboxylic acid groups (broad SMARTS) is 1. The molecule has 0 saturated heterocycles. The van der Waals surface area contributed by atoms with E-state index < -0.39 is 25.8 Å². The second-order valence-electron chi connectivity index (χ2n) is 2.36. The van der Waals surface area contributed by atoms with Crippen molar-refractivity contribution in [2.24, 2.45) is 0 Å². The Labute approximate surface area is 69.8 Å². The molecular weight excluding hydrogens is 185 g/mol. The first-order valence-electron chi connectivity index (χ1n) is 3.31. The van der Waals surface area contributed by atoms with Gasteiger partial charge in [0.2, 0.25) is 0 Å². The molecule has 1 atom stereocenters. The summed E-state index contributed by atoms with van der Waals surface area (Å²) in [6.07, 6.45) is -0.485. The highest BCUT2D eigenvalue weighted by atomic mass is 31.2. The van der Waals surface area contributed by atoms with Crippen molar-refractivity contribution < 1.29 is 24.3 Å². The van der Waals surface area contributed by atoms with Gasteiger partial charge in [-0.1, -0.05) is 0 Å². The van der Waals surface area contributed by atoms with Crippen LogP contribution >= 0.6 is 7.60 Å². The van der Waals surface area contributed by atoms with Gasteiger partial charge in [0.25, 0.3) is 0 Å². The van der Waals surface area contributed by atoms with E-state index in [4.69, 9.17) is 14.9 Å². The minimum absolute atomic E-state index is 0.0733. The van der Waals surface area contributed by atoms with Crippen molar-refractivity contribution in [1.82, 2.24) is 5.32 Å². The highest BCUT2D eigenvalue weighted by Gasteiger charge is 2.20. The molecule has 0 rings (SSSR count). The van der Waals surface area contributed by atoms with E-state index in [0.717, 1.165) is 0 Å². The Hall–Kier alpha value is -0.420. The van der Waals surface area contributed by atoms with Gasteiger partial charge in [-0.3, -0.25) is 9.36 Å². The third-order valence-electron chi connectivity index (χ3n) is 1.36. The summed E-state index contributed by atoms with van der Waals surface area (Å²) in [5.41, 5.74) is 0. The van der Waals surface area contributed by atoms with Crippen LogP contribution in [0.15, 0.2) is 0 Å². The Bertz CT molecular complexity index is 200. The lowest BCUT2D eigenvalue weighted by Crippen LogP contribution is -2.34. The van der Waals surface area contributed by atoms with Crippen LogP contribution in [-0.4, -0.2) is 40.1 Å². The monoisotopic (exact) mass is 197 g/mol. The van der Waals surface area contributed by atoms with Gasteiger partial charge in [-0.2, -0.15) is 0 Å². The predicted octanol–water partition coefficient (Wildman–Crippen LogP) is -0.773. The van der Waals surface area contributed by atoms with Gasteiger partial charge in [0.05, 0.1) is 6.16 Å². The summed E-state index contributed by atoms with van der Waals surface area (Å²) in [6.45, 7) is 0. The minimum atomic E-state index is -4.08. The molecule has 0 aliphatic heterocycles. The molecule has 7 heteroatoms. The molecule has 0 aliphatic carbocycles. The van der Waals surface area contributed by atoms with Crippen molar-refractivity contribution in [3.8, 4) is 0 Å². The zero-order valence-corrected chi connectivity index (χ0v) is 7.49. The lowest BCUT2D eigenvalue weighted by molar-refractivity contribution is -0.139. The van der Waals surface area contributed by atoms with Gasteiger partial charge < -0.3 is 20.2 Å². The van der Waals surface area contributed by atoms with Crippen LogP contribution in [0.2, 0.25) is 0 Å². The van der Waals surface area contributed by atoms with Gasteiger partial charge in [-0.15, -0.1) is 0 Å². The summed E-state index contributed by atoms with van der Waals surface area (Å²) in [4.78, 5) is 27.2. The molecule has 72 valence electrons. The molecule has 4 N–H and O–H groups in total. The number of aliphatic carboxylic acids is 1. The lowest BCUT2D eigenvalue weighted by Gasteiger charge is -2.10. The summed E-state index contributed by atoms with van der Waals surface area (Å²) in [5, 5.41) is 10.9. The van der Waals surface area contributed by atoms with Gasteiger partial charge in [0.15, 0.2) is 0 Å². The van der Waals surface area contributed by atoms with Gasteiger partial charge in [0, 0.05) is 0 Å². The molecule has 0 aromatic carbocycles. The molecule has 0 heterocycles. The number of carbonyl (C=O) groups is 1. The zero-order valence-electron chi connectivity index (χ0n) is 6.60. The van der Waals surface area contributed by atoms with Crippen LogP contribution in [0.1, 0.15) is 6.42 Å². The molecule has 0 radical (unpaired) electrons. The lowest BCUT2D eigenvalue weighted by atomic mass is 10.2. The van der Waals surface area contributed by atoms with Crippen LogP contribution in [-0.2, 0) is 9.36 Å². The number of carboxylic acids is 1.